The number of rotatable bonds is 4. The van der Waals surface area contributed by atoms with Crippen LogP contribution in [0.3, 0.4) is 0 Å². The zero-order valence-electron chi connectivity index (χ0n) is 10.6. The molecule has 1 aromatic heterocycles. The van der Waals surface area contributed by atoms with E-state index in [0.717, 1.165) is 12.1 Å². The van der Waals surface area contributed by atoms with E-state index in [1.54, 1.807) is 7.05 Å². The standard InChI is InChI=1S/C13H12F3N3O/c1-17-8-20-11-6-18-12(19-7-11)9-2-4-10(5-3-9)13(14,15)16/h2-7,17H,8H2,1H3. The Bertz CT molecular complexity index is 553. The van der Waals surface area contributed by atoms with E-state index in [-0.39, 0.29) is 0 Å². The summed E-state index contributed by atoms with van der Waals surface area (Å²) in [6.45, 7) is 0.322. The molecule has 20 heavy (non-hydrogen) atoms. The Kier molecular flexibility index (Phi) is 4.19. The van der Waals surface area contributed by atoms with Gasteiger partial charge >= 0.3 is 6.18 Å². The summed E-state index contributed by atoms with van der Waals surface area (Å²) in [7, 11) is 1.73. The van der Waals surface area contributed by atoms with Crippen LogP contribution < -0.4 is 10.1 Å². The van der Waals surface area contributed by atoms with Gasteiger partial charge in [0, 0.05) is 5.56 Å². The first kappa shape index (κ1) is 14.3. The zero-order chi connectivity index (χ0) is 14.6. The summed E-state index contributed by atoms with van der Waals surface area (Å²) in [5.74, 6) is 0.825. The number of hydrogen-bond acceptors (Lipinski definition) is 4. The maximum atomic E-state index is 12.4. The monoisotopic (exact) mass is 283 g/mol. The SMILES string of the molecule is CNCOc1cnc(-c2ccc(C(F)(F)F)cc2)nc1. The average molecular weight is 283 g/mol. The van der Waals surface area contributed by atoms with E-state index >= 15 is 0 Å². The molecule has 1 aromatic carbocycles. The van der Waals surface area contributed by atoms with Crippen molar-refractivity contribution >= 4 is 0 Å². The van der Waals surface area contributed by atoms with Gasteiger partial charge in [-0.05, 0) is 19.2 Å². The minimum Gasteiger partial charge on any atom is -0.475 e. The van der Waals surface area contributed by atoms with Gasteiger partial charge < -0.3 is 4.74 Å². The molecule has 2 rings (SSSR count). The van der Waals surface area contributed by atoms with Gasteiger partial charge in [0.25, 0.3) is 0 Å². The smallest absolute Gasteiger partial charge is 0.416 e. The molecule has 0 spiro atoms. The second-order valence-electron chi connectivity index (χ2n) is 3.96. The number of nitrogens with zero attached hydrogens (tertiary/aromatic N) is 2. The van der Waals surface area contributed by atoms with Gasteiger partial charge in [-0.1, -0.05) is 12.1 Å². The molecule has 0 amide bonds. The molecule has 0 unspecified atom stereocenters. The van der Waals surface area contributed by atoms with Crippen LogP contribution in [0.5, 0.6) is 5.75 Å². The molecule has 2 aromatic rings. The Hall–Kier alpha value is -2.15. The summed E-state index contributed by atoms with van der Waals surface area (Å²) in [5.41, 5.74) is -0.187. The minimum absolute atomic E-state index is 0.322. The van der Waals surface area contributed by atoms with Crippen molar-refractivity contribution < 1.29 is 17.9 Å². The van der Waals surface area contributed by atoms with Crippen LogP contribution >= 0.6 is 0 Å². The number of aromatic nitrogens is 2. The second-order valence-corrected chi connectivity index (χ2v) is 3.96. The first-order valence-corrected chi connectivity index (χ1v) is 5.78. The quantitative estimate of drug-likeness (QED) is 0.876. The van der Waals surface area contributed by atoms with Crippen LogP contribution in [0.1, 0.15) is 5.56 Å². The van der Waals surface area contributed by atoms with Crippen molar-refractivity contribution in [2.75, 3.05) is 13.8 Å². The molecule has 1 N–H and O–H groups in total. The maximum absolute atomic E-state index is 12.4. The van der Waals surface area contributed by atoms with Crippen molar-refractivity contribution in [3.05, 3.63) is 42.2 Å². The average Bonchev–Trinajstić information content (AvgIpc) is 2.45. The van der Waals surface area contributed by atoms with Crippen LogP contribution in [0.25, 0.3) is 11.4 Å². The van der Waals surface area contributed by atoms with Gasteiger partial charge in [-0.2, -0.15) is 13.2 Å². The molecule has 0 aliphatic rings. The highest BCUT2D eigenvalue weighted by Gasteiger charge is 2.30. The van der Waals surface area contributed by atoms with Crippen LogP contribution in [0.4, 0.5) is 13.2 Å². The van der Waals surface area contributed by atoms with Crippen LogP contribution in [-0.4, -0.2) is 23.7 Å². The van der Waals surface area contributed by atoms with Crippen molar-refractivity contribution in [1.29, 1.82) is 0 Å². The van der Waals surface area contributed by atoms with Crippen LogP contribution in [0.2, 0.25) is 0 Å². The summed E-state index contributed by atoms with van der Waals surface area (Å²) in [5, 5.41) is 2.80. The molecule has 0 saturated carbocycles. The highest BCUT2D eigenvalue weighted by molar-refractivity contribution is 5.55. The van der Waals surface area contributed by atoms with E-state index in [2.05, 4.69) is 15.3 Å². The first-order chi connectivity index (χ1) is 9.50. The summed E-state index contributed by atoms with van der Waals surface area (Å²) < 4.78 is 42.5. The van der Waals surface area contributed by atoms with E-state index in [1.165, 1.54) is 24.5 Å². The van der Waals surface area contributed by atoms with Gasteiger partial charge in [0.05, 0.1) is 18.0 Å². The highest BCUT2D eigenvalue weighted by atomic mass is 19.4. The van der Waals surface area contributed by atoms with Gasteiger partial charge in [-0.15, -0.1) is 0 Å². The number of benzene rings is 1. The molecule has 0 aliphatic carbocycles. The van der Waals surface area contributed by atoms with E-state index < -0.39 is 11.7 Å². The Balaban J connectivity index is 2.15. The number of halogens is 3. The highest BCUT2D eigenvalue weighted by Crippen LogP contribution is 2.30. The molecule has 0 radical (unpaired) electrons. The van der Waals surface area contributed by atoms with E-state index in [1.807, 2.05) is 0 Å². The number of alkyl halides is 3. The Labute approximate surface area is 113 Å². The Morgan fingerprint density at radius 3 is 2.20 bits per heavy atom. The van der Waals surface area contributed by atoms with Gasteiger partial charge in [0.2, 0.25) is 0 Å². The van der Waals surface area contributed by atoms with Gasteiger partial charge in [0.1, 0.15) is 6.73 Å². The summed E-state index contributed by atoms with van der Waals surface area (Å²) in [6.07, 6.45) is -1.40. The molecule has 4 nitrogen and oxygen atoms in total. The fraction of sp³-hybridized carbons (Fsp3) is 0.231. The molecule has 0 fully saturated rings. The van der Waals surface area contributed by atoms with Gasteiger partial charge in [-0.25, -0.2) is 9.97 Å². The summed E-state index contributed by atoms with van der Waals surface area (Å²) in [6, 6.07) is 4.69. The lowest BCUT2D eigenvalue weighted by molar-refractivity contribution is -0.137. The maximum Gasteiger partial charge on any atom is 0.416 e. The molecule has 1 heterocycles. The lowest BCUT2D eigenvalue weighted by Crippen LogP contribution is -2.14. The molecule has 0 saturated heterocycles. The molecule has 106 valence electrons. The van der Waals surface area contributed by atoms with Crippen LogP contribution in [0.15, 0.2) is 36.7 Å². The summed E-state index contributed by atoms with van der Waals surface area (Å²) in [4.78, 5) is 8.10. The van der Waals surface area contributed by atoms with Crippen LogP contribution in [-0.2, 0) is 6.18 Å². The van der Waals surface area contributed by atoms with Crippen molar-refractivity contribution in [1.82, 2.24) is 15.3 Å². The Morgan fingerprint density at radius 1 is 1.10 bits per heavy atom. The molecule has 0 atom stereocenters. The summed E-state index contributed by atoms with van der Waals surface area (Å²) >= 11 is 0. The molecular formula is C13H12F3N3O. The van der Waals surface area contributed by atoms with E-state index in [9.17, 15) is 13.2 Å². The van der Waals surface area contributed by atoms with Crippen molar-refractivity contribution in [2.24, 2.45) is 0 Å². The minimum atomic E-state index is -4.34. The third-order valence-corrected chi connectivity index (χ3v) is 2.48. The predicted molar refractivity (Wildman–Crippen MR) is 67.0 cm³/mol. The lowest BCUT2D eigenvalue weighted by Gasteiger charge is -2.07. The van der Waals surface area contributed by atoms with Gasteiger partial charge in [-0.3, -0.25) is 5.32 Å². The normalized spacial score (nSPS) is 11.4. The first-order valence-electron chi connectivity index (χ1n) is 5.78. The lowest BCUT2D eigenvalue weighted by atomic mass is 10.1. The largest absolute Gasteiger partial charge is 0.475 e. The van der Waals surface area contributed by atoms with Crippen LogP contribution in [0, 0.1) is 0 Å². The molecule has 0 bridgehead atoms. The predicted octanol–water partition coefficient (Wildman–Crippen LogP) is 2.72. The fourth-order valence-corrected chi connectivity index (χ4v) is 1.50. The third kappa shape index (κ3) is 3.45. The third-order valence-electron chi connectivity index (χ3n) is 2.48. The van der Waals surface area contributed by atoms with Gasteiger partial charge in [0.15, 0.2) is 11.6 Å². The number of ether oxygens (including phenoxy) is 1. The van der Waals surface area contributed by atoms with Crippen molar-refractivity contribution in [2.45, 2.75) is 6.18 Å². The Morgan fingerprint density at radius 2 is 1.70 bits per heavy atom. The molecule has 7 heteroatoms. The second kappa shape index (κ2) is 5.87. The van der Waals surface area contributed by atoms with E-state index in [0.29, 0.717) is 23.9 Å². The van der Waals surface area contributed by atoms with Crippen molar-refractivity contribution in [3.8, 4) is 17.1 Å². The van der Waals surface area contributed by atoms with E-state index in [4.69, 9.17) is 4.74 Å². The zero-order valence-corrected chi connectivity index (χ0v) is 10.6. The number of nitrogens with one attached hydrogen (secondary N) is 1. The molecule has 0 aliphatic heterocycles. The van der Waals surface area contributed by atoms with Crippen molar-refractivity contribution in [3.63, 3.8) is 0 Å². The molecular weight excluding hydrogens is 271 g/mol. The number of hydrogen-bond donors (Lipinski definition) is 1. The topological polar surface area (TPSA) is 47.0 Å². The fourth-order valence-electron chi connectivity index (χ4n) is 1.50.